The lowest BCUT2D eigenvalue weighted by Crippen LogP contribution is -2.93. The van der Waals surface area contributed by atoms with Crippen LogP contribution in [0, 0.1) is 5.92 Å². The van der Waals surface area contributed by atoms with Crippen molar-refractivity contribution < 1.29 is 14.8 Å². The average molecular weight is 356 g/mol. The topological polar surface area (TPSA) is 54.9 Å². The highest BCUT2D eigenvalue weighted by Crippen LogP contribution is 2.23. The summed E-state index contributed by atoms with van der Waals surface area (Å²) in [7, 11) is 1.61. The van der Waals surface area contributed by atoms with E-state index in [1.165, 1.54) is 11.1 Å². The highest BCUT2D eigenvalue weighted by Gasteiger charge is 2.26. The molecule has 0 aromatic heterocycles. The van der Waals surface area contributed by atoms with E-state index in [-0.39, 0.29) is 18.0 Å². The maximum Gasteiger partial charge on any atom is 0.282 e. The number of nitrogens with one attached hydrogen (secondary N) is 1. The van der Waals surface area contributed by atoms with Crippen LogP contribution in [-0.2, 0) is 11.2 Å². The van der Waals surface area contributed by atoms with Crippen molar-refractivity contribution in [3.8, 4) is 5.75 Å². The number of hydrogen-bond donors (Lipinski definition) is 2. The Morgan fingerprint density at radius 3 is 2.31 bits per heavy atom. The van der Waals surface area contributed by atoms with Crippen LogP contribution in [0.3, 0.4) is 0 Å². The molecule has 0 fully saturated rings. The summed E-state index contributed by atoms with van der Waals surface area (Å²) in [5.74, 6) is 1.07. The molecule has 0 saturated heterocycles. The van der Waals surface area contributed by atoms with Crippen molar-refractivity contribution in [3.05, 3.63) is 59.7 Å². The third-order valence-corrected chi connectivity index (χ3v) is 4.77. The van der Waals surface area contributed by atoms with Crippen molar-refractivity contribution >= 4 is 11.6 Å². The normalized spacial score (nSPS) is 13.3. The van der Waals surface area contributed by atoms with Gasteiger partial charge in [0.15, 0.2) is 6.04 Å². The van der Waals surface area contributed by atoms with Gasteiger partial charge in [-0.25, -0.2) is 0 Å². The summed E-state index contributed by atoms with van der Waals surface area (Å²) in [4.78, 5) is 12.7. The SMILES string of the molecule is CCc1ccc([C@H]([NH2+][C@H](C)C(=O)Nc2ccccc2OC)C(C)C)cc1. The molecule has 1 amide bonds. The molecule has 0 saturated carbocycles. The summed E-state index contributed by atoms with van der Waals surface area (Å²) in [5, 5.41) is 5.13. The molecule has 140 valence electrons. The van der Waals surface area contributed by atoms with E-state index in [1.807, 2.05) is 31.2 Å². The Bertz CT molecular complexity index is 710. The number of anilines is 1. The summed E-state index contributed by atoms with van der Waals surface area (Å²) in [6.45, 7) is 8.49. The van der Waals surface area contributed by atoms with Gasteiger partial charge in [0.05, 0.1) is 12.8 Å². The quantitative estimate of drug-likeness (QED) is 0.761. The van der Waals surface area contributed by atoms with Gasteiger partial charge in [-0.1, -0.05) is 57.2 Å². The van der Waals surface area contributed by atoms with Crippen molar-refractivity contribution in [3.63, 3.8) is 0 Å². The zero-order valence-electron chi connectivity index (χ0n) is 16.5. The van der Waals surface area contributed by atoms with Crippen molar-refractivity contribution in [2.75, 3.05) is 12.4 Å². The lowest BCUT2D eigenvalue weighted by molar-refractivity contribution is -0.718. The van der Waals surface area contributed by atoms with Crippen LogP contribution in [0.1, 0.15) is 44.9 Å². The number of amides is 1. The van der Waals surface area contributed by atoms with E-state index >= 15 is 0 Å². The van der Waals surface area contributed by atoms with Gasteiger partial charge in [-0.05, 0) is 31.0 Å². The Balaban J connectivity index is 2.08. The zero-order chi connectivity index (χ0) is 19.1. The smallest absolute Gasteiger partial charge is 0.282 e. The van der Waals surface area contributed by atoms with Gasteiger partial charge in [-0.15, -0.1) is 0 Å². The number of benzene rings is 2. The third kappa shape index (κ3) is 5.09. The Morgan fingerprint density at radius 1 is 1.08 bits per heavy atom. The summed E-state index contributed by atoms with van der Waals surface area (Å²) in [6.07, 6.45) is 1.04. The molecule has 0 aliphatic rings. The number of hydrogen-bond acceptors (Lipinski definition) is 2. The summed E-state index contributed by atoms with van der Waals surface area (Å²) < 4.78 is 5.31. The lowest BCUT2D eigenvalue weighted by Gasteiger charge is -2.23. The van der Waals surface area contributed by atoms with Gasteiger partial charge < -0.3 is 15.4 Å². The van der Waals surface area contributed by atoms with Crippen LogP contribution in [0.2, 0.25) is 0 Å². The number of carbonyl (C=O) groups excluding carboxylic acids is 1. The van der Waals surface area contributed by atoms with E-state index in [4.69, 9.17) is 4.74 Å². The van der Waals surface area contributed by atoms with Gasteiger partial charge in [0.25, 0.3) is 5.91 Å². The molecule has 0 radical (unpaired) electrons. The number of para-hydroxylation sites is 2. The number of quaternary nitrogens is 1. The molecule has 0 heterocycles. The van der Waals surface area contributed by atoms with Crippen molar-refractivity contribution in [1.29, 1.82) is 0 Å². The molecule has 26 heavy (non-hydrogen) atoms. The van der Waals surface area contributed by atoms with Gasteiger partial charge in [-0.2, -0.15) is 0 Å². The second kappa shape index (κ2) is 9.39. The monoisotopic (exact) mass is 355 g/mol. The lowest BCUT2D eigenvalue weighted by atomic mass is 9.94. The Labute approximate surface area is 157 Å². The molecule has 0 bridgehead atoms. The van der Waals surface area contributed by atoms with Gasteiger partial charge in [0.2, 0.25) is 0 Å². The fourth-order valence-corrected chi connectivity index (χ4v) is 3.09. The fraction of sp³-hybridized carbons (Fsp3) is 0.409. The van der Waals surface area contributed by atoms with E-state index in [2.05, 4.69) is 55.7 Å². The van der Waals surface area contributed by atoms with Gasteiger partial charge >= 0.3 is 0 Å². The number of nitrogens with two attached hydrogens (primary N) is 1. The number of ether oxygens (including phenoxy) is 1. The first-order chi connectivity index (χ1) is 12.5. The average Bonchev–Trinajstić information content (AvgIpc) is 2.66. The van der Waals surface area contributed by atoms with E-state index in [0.29, 0.717) is 17.4 Å². The first kappa shape index (κ1) is 20.0. The largest absolute Gasteiger partial charge is 0.495 e. The van der Waals surface area contributed by atoms with Crippen molar-refractivity contribution in [1.82, 2.24) is 0 Å². The second-order valence-electron chi connectivity index (χ2n) is 7.04. The molecule has 2 atom stereocenters. The first-order valence-electron chi connectivity index (χ1n) is 9.34. The van der Waals surface area contributed by atoms with E-state index in [9.17, 15) is 4.79 Å². The first-order valence-corrected chi connectivity index (χ1v) is 9.34. The third-order valence-electron chi connectivity index (χ3n) is 4.77. The van der Waals surface area contributed by atoms with Crippen molar-refractivity contribution in [2.24, 2.45) is 5.92 Å². The predicted octanol–water partition coefficient (Wildman–Crippen LogP) is 3.55. The maximum atomic E-state index is 12.7. The van der Waals surface area contributed by atoms with Gasteiger partial charge in [-0.3, -0.25) is 4.79 Å². The van der Waals surface area contributed by atoms with Crippen molar-refractivity contribution in [2.45, 2.75) is 46.2 Å². The minimum atomic E-state index is -0.210. The Kier molecular flexibility index (Phi) is 7.22. The maximum absolute atomic E-state index is 12.7. The summed E-state index contributed by atoms with van der Waals surface area (Å²) >= 11 is 0. The number of aryl methyl sites for hydroxylation is 1. The fourth-order valence-electron chi connectivity index (χ4n) is 3.09. The zero-order valence-corrected chi connectivity index (χ0v) is 16.5. The minimum Gasteiger partial charge on any atom is -0.495 e. The molecule has 3 N–H and O–H groups in total. The summed E-state index contributed by atoms with van der Waals surface area (Å²) in [6, 6.07) is 16.2. The van der Waals surface area contributed by atoms with Crippen LogP contribution < -0.4 is 15.4 Å². The molecule has 4 heteroatoms. The molecule has 0 unspecified atom stereocenters. The molecule has 4 nitrogen and oxygen atoms in total. The highest BCUT2D eigenvalue weighted by atomic mass is 16.5. The molecule has 0 aliphatic heterocycles. The van der Waals surface area contributed by atoms with Gasteiger partial charge in [0, 0.05) is 11.5 Å². The molecule has 2 aromatic rings. The number of rotatable bonds is 8. The Morgan fingerprint density at radius 2 is 1.73 bits per heavy atom. The number of methoxy groups -OCH3 is 1. The van der Waals surface area contributed by atoms with Crippen LogP contribution >= 0.6 is 0 Å². The Hall–Kier alpha value is -2.33. The van der Waals surface area contributed by atoms with Crippen LogP contribution in [0.5, 0.6) is 5.75 Å². The van der Waals surface area contributed by atoms with Crippen LogP contribution in [0.4, 0.5) is 5.69 Å². The minimum absolute atomic E-state index is 0.0228. The standard InChI is InChI=1S/C22H30N2O2/c1-6-17-11-13-18(14-12-17)21(15(2)3)23-16(4)22(25)24-19-9-7-8-10-20(19)26-5/h7-16,21,23H,6H2,1-5H3,(H,24,25)/p+1/t16-,21-/m1/s1. The summed E-state index contributed by atoms with van der Waals surface area (Å²) in [5.41, 5.74) is 3.29. The van der Waals surface area contributed by atoms with E-state index in [0.717, 1.165) is 6.42 Å². The predicted molar refractivity (Wildman–Crippen MR) is 106 cm³/mol. The highest BCUT2D eigenvalue weighted by molar-refractivity contribution is 5.94. The van der Waals surface area contributed by atoms with Gasteiger partial charge in [0.1, 0.15) is 11.8 Å². The van der Waals surface area contributed by atoms with Crippen LogP contribution in [0.15, 0.2) is 48.5 Å². The molecule has 0 spiro atoms. The number of carbonyl (C=O) groups is 1. The molecular weight excluding hydrogens is 324 g/mol. The molecule has 0 aliphatic carbocycles. The van der Waals surface area contributed by atoms with E-state index in [1.54, 1.807) is 7.11 Å². The van der Waals surface area contributed by atoms with Crippen LogP contribution in [0.25, 0.3) is 0 Å². The molecular formula is C22H31N2O2+. The molecule has 2 rings (SSSR count). The van der Waals surface area contributed by atoms with E-state index < -0.39 is 0 Å². The molecule has 2 aromatic carbocycles. The van der Waals surface area contributed by atoms with Crippen LogP contribution in [-0.4, -0.2) is 19.1 Å². The second-order valence-corrected chi connectivity index (χ2v) is 7.04.